The lowest BCUT2D eigenvalue weighted by atomic mass is 9.97. The number of carbonyl (C=O) groups excluding carboxylic acids is 1. The van der Waals surface area contributed by atoms with Gasteiger partial charge in [-0.05, 0) is 49.4 Å². The molecule has 0 amide bonds. The van der Waals surface area contributed by atoms with Crippen molar-refractivity contribution in [2.45, 2.75) is 38.0 Å². The molecule has 0 aliphatic carbocycles. The molecule has 0 atom stereocenters. The van der Waals surface area contributed by atoms with Crippen LogP contribution in [0.1, 0.15) is 43.9 Å². The summed E-state index contributed by atoms with van der Waals surface area (Å²) in [6, 6.07) is 10.5. The molecule has 3 rings (SSSR count). The van der Waals surface area contributed by atoms with Crippen LogP contribution in [0.4, 0.5) is 5.69 Å². The van der Waals surface area contributed by atoms with Gasteiger partial charge in [-0.1, -0.05) is 20.8 Å². The second kappa shape index (κ2) is 7.27. The number of hydrogen-bond acceptors (Lipinski definition) is 6. The van der Waals surface area contributed by atoms with E-state index >= 15 is 0 Å². The summed E-state index contributed by atoms with van der Waals surface area (Å²) in [5.41, 5.74) is 1.57. The number of esters is 1. The van der Waals surface area contributed by atoms with Crippen molar-refractivity contribution in [2.75, 3.05) is 11.3 Å². The Bertz CT molecular complexity index is 1110. The number of carbonyl (C=O) groups is 1. The van der Waals surface area contributed by atoms with Crippen LogP contribution < -0.4 is 4.72 Å². The van der Waals surface area contributed by atoms with Gasteiger partial charge in [0.05, 0.1) is 22.8 Å². The molecule has 0 fully saturated rings. The molecule has 0 bridgehead atoms. The molecule has 0 aliphatic heterocycles. The summed E-state index contributed by atoms with van der Waals surface area (Å²) < 4.78 is 38.4. The molecule has 8 heteroatoms. The van der Waals surface area contributed by atoms with E-state index in [1.165, 1.54) is 24.3 Å². The lowest BCUT2D eigenvalue weighted by molar-refractivity contribution is 0.0526. The van der Waals surface area contributed by atoms with Crippen LogP contribution in [0.15, 0.2) is 51.8 Å². The van der Waals surface area contributed by atoms with Gasteiger partial charge in [0.2, 0.25) is 5.89 Å². The second-order valence-electron chi connectivity index (χ2n) is 7.30. The molecule has 3 aromatic rings. The Hall–Kier alpha value is -2.87. The van der Waals surface area contributed by atoms with Gasteiger partial charge in [0, 0.05) is 5.41 Å². The summed E-state index contributed by atoms with van der Waals surface area (Å²) in [6.07, 6.45) is 0. The minimum atomic E-state index is -3.82. The Labute approximate surface area is 163 Å². The summed E-state index contributed by atoms with van der Waals surface area (Å²) in [6.45, 7) is 7.92. The van der Waals surface area contributed by atoms with Crippen molar-refractivity contribution < 1.29 is 22.4 Å². The zero-order valence-corrected chi connectivity index (χ0v) is 17.0. The molecular weight excluding hydrogens is 380 g/mol. The van der Waals surface area contributed by atoms with Gasteiger partial charge in [0.15, 0.2) is 5.58 Å². The lowest BCUT2D eigenvalue weighted by Gasteiger charge is -2.11. The number of rotatable bonds is 5. The summed E-state index contributed by atoms with van der Waals surface area (Å²) in [4.78, 5) is 16.2. The number of ether oxygens (including phenoxy) is 1. The minimum absolute atomic E-state index is 0.0381. The fraction of sp³-hybridized carbons (Fsp3) is 0.300. The maximum Gasteiger partial charge on any atom is 0.338 e. The molecule has 148 valence electrons. The summed E-state index contributed by atoms with van der Waals surface area (Å²) in [5, 5.41) is 0. The van der Waals surface area contributed by atoms with Crippen LogP contribution in [-0.4, -0.2) is 26.0 Å². The molecule has 0 unspecified atom stereocenters. The highest BCUT2D eigenvalue weighted by Gasteiger charge is 2.21. The van der Waals surface area contributed by atoms with Crippen molar-refractivity contribution in [1.82, 2.24) is 4.98 Å². The minimum Gasteiger partial charge on any atom is -0.462 e. The second-order valence-corrected chi connectivity index (χ2v) is 8.98. The Morgan fingerprint density at radius 1 is 1.14 bits per heavy atom. The topological polar surface area (TPSA) is 98.5 Å². The molecule has 0 saturated heterocycles. The van der Waals surface area contributed by atoms with Crippen molar-refractivity contribution in [1.29, 1.82) is 0 Å². The number of fused-ring (bicyclic) bond motifs is 1. The molecule has 0 radical (unpaired) electrons. The lowest BCUT2D eigenvalue weighted by Crippen LogP contribution is -2.13. The first-order valence-electron chi connectivity index (χ1n) is 8.81. The first-order valence-corrected chi connectivity index (χ1v) is 10.3. The number of anilines is 1. The number of hydrogen-bond donors (Lipinski definition) is 1. The first-order chi connectivity index (χ1) is 13.1. The van der Waals surface area contributed by atoms with Crippen LogP contribution in [0, 0.1) is 0 Å². The third-order valence-corrected chi connectivity index (χ3v) is 5.35. The first kappa shape index (κ1) is 19.9. The van der Waals surface area contributed by atoms with Crippen LogP contribution in [0.25, 0.3) is 11.1 Å². The molecule has 0 aliphatic rings. The molecule has 1 aromatic heterocycles. The van der Waals surface area contributed by atoms with E-state index in [0.29, 0.717) is 28.2 Å². The summed E-state index contributed by atoms with van der Waals surface area (Å²) in [7, 11) is -3.82. The number of sulfonamides is 1. The van der Waals surface area contributed by atoms with E-state index in [2.05, 4.69) is 9.71 Å². The Morgan fingerprint density at radius 2 is 1.82 bits per heavy atom. The van der Waals surface area contributed by atoms with Gasteiger partial charge in [0.1, 0.15) is 5.52 Å². The fourth-order valence-electron chi connectivity index (χ4n) is 2.51. The van der Waals surface area contributed by atoms with Gasteiger partial charge in [-0.3, -0.25) is 4.72 Å². The zero-order valence-electron chi connectivity index (χ0n) is 16.1. The van der Waals surface area contributed by atoms with Gasteiger partial charge in [0.25, 0.3) is 10.0 Å². The number of nitrogens with zero attached hydrogens (tertiary/aromatic N) is 1. The van der Waals surface area contributed by atoms with E-state index in [0.717, 1.165) is 0 Å². The fourth-order valence-corrected chi connectivity index (χ4v) is 3.56. The summed E-state index contributed by atoms with van der Waals surface area (Å²) in [5.74, 6) is 0.0857. The molecule has 2 aromatic carbocycles. The van der Waals surface area contributed by atoms with Gasteiger partial charge in [-0.15, -0.1) is 0 Å². The quantitative estimate of drug-likeness (QED) is 0.645. The Morgan fingerprint density at radius 3 is 2.43 bits per heavy atom. The highest BCUT2D eigenvalue weighted by Crippen LogP contribution is 2.28. The molecule has 28 heavy (non-hydrogen) atoms. The maximum atomic E-state index is 12.6. The third kappa shape index (κ3) is 4.17. The molecule has 1 N–H and O–H groups in total. The van der Waals surface area contributed by atoms with Gasteiger partial charge >= 0.3 is 5.97 Å². The monoisotopic (exact) mass is 402 g/mol. The van der Waals surface area contributed by atoms with Crippen molar-refractivity contribution in [3.8, 4) is 0 Å². The molecule has 7 nitrogen and oxygen atoms in total. The standard InChI is InChI=1S/C20H22N2O5S/c1-5-26-18(23)13-6-9-15(10-7-13)28(24,25)22-14-8-11-17-16(12-14)21-19(27-17)20(2,3)4/h6-12,22H,5H2,1-4H3. The van der Waals surface area contributed by atoms with Crippen LogP contribution in [0.5, 0.6) is 0 Å². The SMILES string of the molecule is CCOC(=O)c1ccc(S(=O)(=O)Nc2ccc3oc(C(C)(C)C)nc3c2)cc1. The largest absolute Gasteiger partial charge is 0.462 e. The summed E-state index contributed by atoms with van der Waals surface area (Å²) >= 11 is 0. The number of nitrogens with one attached hydrogen (secondary N) is 1. The average molecular weight is 402 g/mol. The molecular formula is C20H22N2O5S. The number of oxazole rings is 1. The molecule has 0 saturated carbocycles. The predicted octanol–water partition coefficient (Wildman–Crippen LogP) is 4.10. The van der Waals surface area contributed by atoms with Gasteiger partial charge in [-0.25, -0.2) is 18.2 Å². The number of aromatic nitrogens is 1. The average Bonchev–Trinajstić information content (AvgIpc) is 3.05. The normalized spacial score (nSPS) is 12.1. The van der Waals surface area contributed by atoms with Crippen molar-refractivity contribution in [2.24, 2.45) is 0 Å². The molecule has 1 heterocycles. The highest BCUT2D eigenvalue weighted by molar-refractivity contribution is 7.92. The highest BCUT2D eigenvalue weighted by atomic mass is 32.2. The van der Waals surface area contributed by atoms with Gasteiger partial charge in [-0.2, -0.15) is 0 Å². The van der Waals surface area contributed by atoms with Crippen LogP contribution in [0.3, 0.4) is 0 Å². The van der Waals surface area contributed by atoms with Crippen LogP contribution in [0.2, 0.25) is 0 Å². The predicted molar refractivity (Wildman–Crippen MR) is 106 cm³/mol. The van der Waals surface area contributed by atoms with Gasteiger partial charge < -0.3 is 9.15 Å². The zero-order chi connectivity index (χ0) is 20.5. The van der Waals surface area contributed by atoms with E-state index in [1.807, 2.05) is 20.8 Å². The Balaban J connectivity index is 1.84. The van der Waals surface area contributed by atoms with E-state index in [1.54, 1.807) is 25.1 Å². The maximum absolute atomic E-state index is 12.6. The van der Waals surface area contributed by atoms with Crippen LogP contribution >= 0.6 is 0 Å². The molecule has 0 spiro atoms. The van der Waals surface area contributed by atoms with Crippen molar-refractivity contribution in [3.05, 3.63) is 53.9 Å². The van der Waals surface area contributed by atoms with E-state index in [4.69, 9.17) is 9.15 Å². The van der Waals surface area contributed by atoms with Crippen molar-refractivity contribution in [3.63, 3.8) is 0 Å². The third-order valence-electron chi connectivity index (χ3n) is 3.96. The Kier molecular flexibility index (Phi) is 5.16. The number of benzene rings is 2. The van der Waals surface area contributed by atoms with E-state index < -0.39 is 16.0 Å². The van der Waals surface area contributed by atoms with E-state index in [-0.39, 0.29) is 16.9 Å². The van der Waals surface area contributed by atoms with Crippen LogP contribution in [-0.2, 0) is 20.2 Å². The smallest absolute Gasteiger partial charge is 0.338 e. The van der Waals surface area contributed by atoms with Crippen molar-refractivity contribution >= 4 is 32.8 Å². The van der Waals surface area contributed by atoms with E-state index in [9.17, 15) is 13.2 Å².